The molecule has 4 heteroatoms. The van der Waals surface area contributed by atoms with Gasteiger partial charge < -0.3 is 9.22 Å². The lowest BCUT2D eigenvalue weighted by atomic mass is 10.5. The van der Waals surface area contributed by atoms with Crippen molar-refractivity contribution in [1.29, 1.82) is 0 Å². The topological polar surface area (TPSA) is 46.5 Å². The van der Waals surface area contributed by atoms with E-state index in [0.717, 1.165) is 0 Å². The Hall–Kier alpha value is -0.353. The largest absolute Gasteiger partial charge is 0.520 e. The standard InChI is InChI=1S/C3H6O3Si/c1-2-3(4)6-7-5/h5H,2H2,1H3. The summed E-state index contributed by atoms with van der Waals surface area (Å²) in [5, 5.41) is 0. The lowest BCUT2D eigenvalue weighted by Crippen LogP contribution is -2.05. The normalized spacial score (nSPS) is 8.29. The quantitative estimate of drug-likeness (QED) is 0.496. The van der Waals surface area contributed by atoms with Crippen LogP contribution in [0.25, 0.3) is 0 Å². The fourth-order valence-corrected chi connectivity index (χ4v) is 0.369. The Morgan fingerprint density at radius 1 is 2.00 bits per heavy atom. The third-order valence-corrected chi connectivity index (χ3v) is 0.767. The van der Waals surface area contributed by atoms with Crippen molar-refractivity contribution in [3.05, 3.63) is 0 Å². The van der Waals surface area contributed by atoms with E-state index in [1.165, 1.54) is 0 Å². The maximum Gasteiger partial charge on any atom is 0.520 e. The van der Waals surface area contributed by atoms with Gasteiger partial charge in [0, 0.05) is 6.42 Å². The Balaban J connectivity index is 3.00. The zero-order chi connectivity index (χ0) is 5.70. The Labute approximate surface area is 44.4 Å². The molecule has 0 aromatic carbocycles. The van der Waals surface area contributed by atoms with Gasteiger partial charge in [-0.2, -0.15) is 0 Å². The third kappa shape index (κ3) is 3.48. The number of rotatable bonds is 2. The molecule has 2 radical (unpaired) electrons. The fourth-order valence-electron chi connectivity index (χ4n) is 0.123. The SMILES string of the molecule is CCC(=O)O[Si]O. The summed E-state index contributed by atoms with van der Waals surface area (Å²) >= 11 is 0. The van der Waals surface area contributed by atoms with Crippen LogP contribution < -0.4 is 0 Å². The van der Waals surface area contributed by atoms with Gasteiger partial charge in [-0.1, -0.05) is 6.92 Å². The van der Waals surface area contributed by atoms with Crippen molar-refractivity contribution in [3.8, 4) is 0 Å². The highest BCUT2D eigenvalue weighted by Gasteiger charge is 1.94. The van der Waals surface area contributed by atoms with E-state index in [1.807, 2.05) is 0 Å². The Bertz CT molecular complexity index is 63.2. The van der Waals surface area contributed by atoms with E-state index >= 15 is 0 Å². The van der Waals surface area contributed by atoms with Gasteiger partial charge in [-0.15, -0.1) is 0 Å². The zero-order valence-electron chi connectivity index (χ0n) is 3.97. The van der Waals surface area contributed by atoms with Crippen LogP contribution in [0.4, 0.5) is 0 Å². The Kier molecular flexibility index (Phi) is 3.63. The molecule has 0 aliphatic rings. The summed E-state index contributed by atoms with van der Waals surface area (Å²) in [7, 11) is -0.705. The molecule has 0 saturated heterocycles. The van der Waals surface area contributed by atoms with Crippen molar-refractivity contribution in [1.82, 2.24) is 0 Å². The van der Waals surface area contributed by atoms with Crippen LogP contribution in [0.15, 0.2) is 0 Å². The van der Waals surface area contributed by atoms with E-state index in [0.29, 0.717) is 6.42 Å². The summed E-state index contributed by atoms with van der Waals surface area (Å²) in [5.41, 5.74) is 0. The number of hydrogen-bond acceptors (Lipinski definition) is 3. The molecule has 7 heavy (non-hydrogen) atoms. The zero-order valence-corrected chi connectivity index (χ0v) is 4.97. The lowest BCUT2D eigenvalue weighted by molar-refractivity contribution is -0.134. The highest BCUT2D eigenvalue weighted by molar-refractivity contribution is 6.20. The van der Waals surface area contributed by atoms with Gasteiger partial charge in [0.15, 0.2) is 0 Å². The first-order valence-corrected chi connectivity index (χ1v) is 2.75. The lowest BCUT2D eigenvalue weighted by Gasteiger charge is -1.90. The van der Waals surface area contributed by atoms with Crippen LogP contribution in [0.3, 0.4) is 0 Å². The van der Waals surface area contributed by atoms with Crippen molar-refractivity contribution in [2.75, 3.05) is 0 Å². The molecule has 1 N–H and O–H groups in total. The molecule has 0 spiro atoms. The van der Waals surface area contributed by atoms with E-state index in [4.69, 9.17) is 4.80 Å². The second-order valence-electron chi connectivity index (χ2n) is 0.919. The summed E-state index contributed by atoms with van der Waals surface area (Å²) in [5.74, 6) is -0.360. The number of hydrogen-bond donors (Lipinski definition) is 1. The Morgan fingerprint density at radius 2 is 2.57 bits per heavy atom. The number of carbonyl (C=O) groups excluding carboxylic acids is 1. The summed E-state index contributed by atoms with van der Waals surface area (Å²) in [6, 6.07) is 0. The van der Waals surface area contributed by atoms with Crippen LogP contribution in [0.1, 0.15) is 13.3 Å². The average Bonchev–Trinajstić information content (AvgIpc) is 1.68. The predicted molar refractivity (Wildman–Crippen MR) is 24.4 cm³/mol. The third-order valence-electron chi connectivity index (χ3n) is 0.448. The first-order chi connectivity index (χ1) is 3.31. The first kappa shape index (κ1) is 6.65. The van der Waals surface area contributed by atoms with E-state index in [-0.39, 0.29) is 5.97 Å². The molecule has 0 aliphatic heterocycles. The van der Waals surface area contributed by atoms with Crippen LogP contribution in [-0.4, -0.2) is 20.8 Å². The van der Waals surface area contributed by atoms with Gasteiger partial charge in [-0.05, 0) is 0 Å². The molecule has 40 valence electrons. The molecule has 0 saturated carbocycles. The molecule has 0 unspecified atom stereocenters. The minimum absolute atomic E-state index is 0.327. The smallest absolute Gasteiger partial charge is 0.491 e. The molecule has 0 amide bonds. The van der Waals surface area contributed by atoms with Crippen molar-refractivity contribution in [2.45, 2.75) is 13.3 Å². The first-order valence-electron chi connectivity index (χ1n) is 1.90. The van der Waals surface area contributed by atoms with E-state index < -0.39 is 10.0 Å². The van der Waals surface area contributed by atoms with Crippen molar-refractivity contribution >= 4 is 16.0 Å². The Morgan fingerprint density at radius 3 is 2.71 bits per heavy atom. The van der Waals surface area contributed by atoms with Crippen LogP contribution in [0.2, 0.25) is 0 Å². The van der Waals surface area contributed by atoms with Gasteiger partial charge in [0.05, 0.1) is 0 Å². The van der Waals surface area contributed by atoms with Gasteiger partial charge in [-0.25, -0.2) is 0 Å². The van der Waals surface area contributed by atoms with Crippen LogP contribution >= 0.6 is 0 Å². The van der Waals surface area contributed by atoms with E-state index in [2.05, 4.69) is 4.43 Å². The molecule has 0 aromatic heterocycles. The minimum atomic E-state index is -0.705. The highest BCUT2D eigenvalue weighted by atomic mass is 28.2. The summed E-state index contributed by atoms with van der Waals surface area (Å²) < 4.78 is 4.14. The predicted octanol–water partition coefficient (Wildman–Crippen LogP) is -0.534. The fraction of sp³-hybridized carbons (Fsp3) is 0.667. The summed E-state index contributed by atoms with van der Waals surface area (Å²) in [4.78, 5) is 18.0. The van der Waals surface area contributed by atoms with E-state index in [1.54, 1.807) is 6.92 Å². The van der Waals surface area contributed by atoms with Gasteiger partial charge in [0.1, 0.15) is 0 Å². The molecule has 0 aromatic rings. The molecular formula is C3H6O3Si. The maximum atomic E-state index is 10.0. The summed E-state index contributed by atoms with van der Waals surface area (Å²) in [6.07, 6.45) is 0.327. The minimum Gasteiger partial charge on any atom is -0.491 e. The molecular weight excluding hydrogens is 112 g/mol. The van der Waals surface area contributed by atoms with Gasteiger partial charge >= 0.3 is 10.0 Å². The maximum absolute atomic E-state index is 10.0. The second kappa shape index (κ2) is 3.82. The van der Waals surface area contributed by atoms with Crippen molar-refractivity contribution in [3.63, 3.8) is 0 Å². The van der Waals surface area contributed by atoms with E-state index in [9.17, 15) is 4.79 Å². The monoisotopic (exact) mass is 118 g/mol. The summed E-state index contributed by atoms with van der Waals surface area (Å²) in [6.45, 7) is 1.67. The highest BCUT2D eigenvalue weighted by Crippen LogP contribution is 1.78. The molecule has 0 fully saturated rings. The van der Waals surface area contributed by atoms with Crippen molar-refractivity contribution in [2.24, 2.45) is 0 Å². The van der Waals surface area contributed by atoms with Gasteiger partial charge in [0.25, 0.3) is 5.97 Å². The molecule has 0 heterocycles. The van der Waals surface area contributed by atoms with Crippen LogP contribution in [0, 0.1) is 0 Å². The van der Waals surface area contributed by atoms with Crippen LogP contribution in [0.5, 0.6) is 0 Å². The molecule has 3 nitrogen and oxygen atoms in total. The average molecular weight is 118 g/mol. The molecule has 0 bridgehead atoms. The second-order valence-corrected chi connectivity index (χ2v) is 1.31. The van der Waals surface area contributed by atoms with Crippen molar-refractivity contribution < 1.29 is 14.0 Å². The van der Waals surface area contributed by atoms with Gasteiger partial charge in [0.2, 0.25) is 0 Å². The van der Waals surface area contributed by atoms with Gasteiger partial charge in [-0.3, -0.25) is 4.79 Å². The number of carbonyl (C=O) groups is 1. The molecule has 0 atom stereocenters. The van der Waals surface area contributed by atoms with Crippen LogP contribution in [-0.2, 0) is 9.22 Å². The molecule has 0 rings (SSSR count). The molecule has 0 aliphatic carbocycles.